The number of hydrogen-bond acceptors (Lipinski definition) is 4. The maximum absolute atomic E-state index is 5.67. The average molecular weight is 386 g/mol. The van der Waals surface area contributed by atoms with Gasteiger partial charge in [0, 0.05) is 16.2 Å². The highest BCUT2D eigenvalue weighted by atomic mass is 127. The molecule has 20 heavy (non-hydrogen) atoms. The first kappa shape index (κ1) is 15.3. The predicted octanol–water partition coefficient (Wildman–Crippen LogP) is 3.60. The second kappa shape index (κ2) is 7.64. The Hall–Kier alpha value is -1.08. The molecule has 108 valence electrons. The van der Waals surface area contributed by atoms with Crippen LogP contribution in [0.4, 0.5) is 0 Å². The molecule has 2 rings (SSSR count). The van der Waals surface area contributed by atoms with Gasteiger partial charge in [0.2, 0.25) is 0 Å². The van der Waals surface area contributed by atoms with Crippen molar-refractivity contribution in [3.63, 3.8) is 0 Å². The molecule has 0 fully saturated rings. The highest BCUT2D eigenvalue weighted by Crippen LogP contribution is 2.16. The first-order chi connectivity index (χ1) is 9.63. The third-order valence-corrected chi connectivity index (χ3v) is 3.31. The Balaban J connectivity index is 1.80. The molecule has 1 N–H and O–H groups in total. The van der Waals surface area contributed by atoms with Crippen LogP contribution in [0.2, 0.25) is 0 Å². The van der Waals surface area contributed by atoms with Crippen LogP contribution >= 0.6 is 22.6 Å². The molecule has 0 spiro atoms. The van der Waals surface area contributed by atoms with Crippen LogP contribution in [-0.2, 0) is 13.2 Å². The van der Waals surface area contributed by atoms with E-state index in [-0.39, 0.29) is 0 Å². The molecule has 0 aliphatic heterocycles. The Morgan fingerprint density at radius 3 is 2.95 bits per heavy atom. The van der Waals surface area contributed by atoms with Crippen LogP contribution in [0.25, 0.3) is 0 Å². The molecule has 0 saturated carbocycles. The molecule has 0 aliphatic rings. The smallest absolute Gasteiger partial charge is 0.174 e. The van der Waals surface area contributed by atoms with E-state index in [0.29, 0.717) is 12.5 Å². The molecule has 0 amide bonds. The Morgan fingerprint density at radius 1 is 1.35 bits per heavy atom. The van der Waals surface area contributed by atoms with Crippen molar-refractivity contribution in [1.29, 1.82) is 0 Å². The van der Waals surface area contributed by atoms with E-state index in [1.165, 1.54) is 0 Å². The molecular weight excluding hydrogens is 367 g/mol. The fourth-order valence-corrected chi connectivity index (χ4v) is 2.22. The van der Waals surface area contributed by atoms with Crippen LogP contribution in [0.3, 0.4) is 0 Å². The largest absolute Gasteiger partial charge is 0.486 e. The molecule has 0 aliphatic carbocycles. The molecule has 1 heterocycles. The van der Waals surface area contributed by atoms with Crippen LogP contribution in [0, 0.1) is 9.49 Å². The van der Waals surface area contributed by atoms with E-state index in [1.54, 1.807) is 0 Å². The van der Waals surface area contributed by atoms with Crippen LogP contribution in [0.1, 0.15) is 25.3 Å². The van der Waals surface area contributed by atoms with Crippen molar-refractivity contribution >= 4 is 22.6 Å². The molecule has 2 aromatic rings. The van der Waals surface area contributed by atoms with Crippen LogP contribution in [0.15, 0.2) is 34.9 Å². The third-order valence-electron chi connectivity index (χ3n) is 2.64. The summed E-state index contributed by atoms with van der Waals surface area (Å²) in [7, 11) is 0. The van der Waals surface area contributed by atoms with Gasteiger partial charge in [0.1, 0.15) is 12.4 Å². The van der Waals surface area contributed by atoms with Gasteiger partial charge in [0.15, 0.2) is 5.76 Å². The lowest BCUT2D eigenvalue weighted by Gasteiger charge is -2.04. The van der Waals surface area contributed by atoms with Gasteiger partial charge in [-0.05, 0) is 53.3 Å². The summed E-state index contributed by atoms with van der Waals surface area (Å²) in [4.78, 5) is 0. The van der Waals surface area contributed by atoms with Gasteiger partial charge in [-0.1, -0.05) is 25.1 Å². The highest BCUT2D eigenvalue weighted by Gasteiger charge is 2.05. The lowest BCUT2D eigenvalue weighted by atomic mass is 10.2. The quantitative estimate of drug-likeness (QED) is 0.739. The molecule has 0 saturated heterocycles. The summed E-state index contributed by atoms with van der Waals surface area (Å²) in [6, 6.07) is 9.85. The Bertz CT molecular complexity index is 540. The lowest BCUT2D eigenvalue weighted by Crippen LogP contribution is -2.19. The number of nitrogens with one attached hydrogen (secondary N) is 1. The van der Waals surface area contributed by atoms with Crippen molar-refractivity contribution in [2.75, 3.05) is 6.54 Å². The number of rotatable bonds is 7. The zero-order valence-corrected chi connectivity index (χ0v) is 13.9. The van der Waals surface area contributed by atoms with Crippen molar-refractivity contribution < 1.29 is 9.26 Å². The molecule has 1 aromatic heterocycles. The summed E-state index contributed by atoms with van der Waals surface area (Å²) in [6.07, 6.45) is 0. The van der Waals surface area contributed by atoms with Crippen molar-refractivity contribution in [3.8, 4) is 5.75 Å². The first-order valence-electron chi connectivity index (χ1n) is 6.67. The van der Waals surface area contributed by atoms with Gasteiger partial charge < -0.3 is 14.6 Å². The zero-order valence-electron chi connectivity index (χ0n) is 11.7. The van der Waals surface area contributed by atoms with Gasteiger partial charge in [0.25, 0.3) is 0 Å². The van der Waals surface area contributed by atoms with Crippen molar-refractivity contribution in [2.24, 2.45) is 5.92 Å². The first-order valence-corrected chi connectivity index (χ1v) is 7.75. The van der Waals surface area contributed by atoms with Crippen LogP contribution in [-0.4, -0.2) is 11.7 Å². The number of aromatic nitrogens is 1. The summed E-state index contributed by atoms with van der Waals surface area (Å²) in [5, 5.41) is 7.36. The number of ether oxygens (including phenoxy) is 1. The van der Waals surface area contributed by atoms with Gasteiger partial charge in [-0.2, -0.15) is 0 Å². The summed E-state index contributed by atoms with van der Waals surface area (Å²) in [5.74, 6) is 2.21. The Morgan fingerprint density at radius 2 is 2.20 bits per heavy atom. The minimum Gasteiger partial charge on any atom is -0.486 e. The van der Waals surface area contributed by atoms with E-state index in [2.05, 4.69) is 46.9 Å². The molecule has 5 heteroatoms. The molecule has 0 bridgehead atoms. The Kier molecular flexibility index (Phi) is 5.85. The van der Waals surface area contributed by atoms with E-state index < -0.39 is 0 Å². The summed E-state index contributed by atoms with van der Waals surface area (Å²) < 4.78 is 12.1. The highest BCUT2D eigenvalue weighted by molar-refractivity contribution is 14.1. The van der Waals surface area contributed by atoms with E-state index in [4.69, 9.17) is 9.26 Å². The second-order valence-corrected chi connectivity index (χ2v) is 6.30. The number of hydrogen-bond donors (Lipinski definition) is 1. The van der Waals surface area contributed by atoms with E-state index >= 15 is 0 Å². The minimum absolute atomic E-state index is 0.400. The van der Waals surface area contributed by atoms with Crippen LogP contribution in [0.5, 0.6) is 5.75 Å². The average Bonchev–Trinajstić information content (AvgIpc) is 2.84. The normalized spacial score (nSPS) is 11.0. The third kappa shape index (κ3) is 5.13. The molecular formula is C15H19IN2O2. The fourth-order valence-electron chi connectivity index (χ4n) is 1.71. The van der Waals surface area contributed by atoms with Crippen molar-refractivity contribution in [2.45, 2.75) is 27.0 Å². The number of benzene rings is 1. The molecule has 0 unspecified atom stereocenters. The zero-order chi connectivity index (χ0) is 14.4. The van der Waals surface area contributed by atoms with Gasteiger partial charge in [-0.3, -0.25) is 0 Å². The molecule has 0 radical (unpaired) electrons. The Labute approximate surface area is 133 Å². The topological polar surface area (TPSA) is 47.3 Å². The van der Waals surface area contributed by atoms with Crippen LogP contribution < -0.4 is 10.1 Å². The SMILES string of the molecule is CC(C)CNCc1cc(COc2cccc(I)c2)on1. The maximum atomic E-state index is 5.67. The van der Waals surface area contributed by atoms with E-state index in [1.807, 2.05) is 30.3 Å². The molecule has 4 nitrogen and oxygen atoms in total. The second-order valence-electron chi connectivity index (χ2n) is 5.06. The van der Waals surface area contributed by atoms with Gasteiger partial charge in [-0.25, -0.2) is 0 Å². The fraction of sp³-hybridized carbons (Fsp3) is 0.400. The van der Waals surface area contributed by atoms with E-state index in [9.17, 15) is 0 Å². The van der Waals surface area contributed by atoms with Gasteiger partial charge in [-0.15, -0.1) is 0 Å². The number of halogens is 1. The molecule has 1 aromatic carbocycles. The standard InChI is InChI=1S/C15H19IN2O2/c1-11(2)8-17-9-13-7-15(20-18-13)10-19-14-5-3-4-12(16)6-14/h3-7,11,17H,8-10H2,1-2H3. The van der Waals surface area contributed by atoms with E-state index in [0.717, 1.165) is 33.9 Å². The van der Waals surface area contributed by atoms with Gasteiger partial charge in [0.05, 0.1) is 5.69 Å². The molecule has 0 atom stereocenters. The monoisotopic (exact) mass is 386 g/mol. The summed E-state index contributed by atoms with van der Waals surface area (Å²) in [5.41, 5.74) is 0.909. The summed E-state index contributed by atoms with van der Waals surface area (Å²) in [6.45, 7) is 6.45. The van der Waals surface area contributed by atoms with Crippen molar-refractivity contribution in [3.05, 3.63) is 45.4 Å². The summed E-state index contributed by atoms with van der Waals surface area (Å²) >= 11 is 2.26. The minimum atomic E-state index is 0.400. The van der Waals surface area contributed by atoms with Crippen molar-refractivity contribution in [1.82, 2.24) is 10.5 Å². The lowest BCUT2D eigenvalue weighted by molar-refractivity contribution is 0.248. The maximum Gasteiger partial charge on any atom is 0.174 e. The predicted molar refractivity (Wildman–Crippen MR) is 86.5 cm³/mol. The number of nitrogens with zero attached hydrogens (tertiary/aromatic N) is 1. The van der Waals surface area contributed by atoms with Gasteiger partial charge >= 0.3 is 0 Å².